The third kappa shape index (κ3) is 3.16. The SMILES string of the molecule is COc1ccc(NC2CCCC(C)C2)cc1CO. The van der Waals surface area contributed by atoms with Gasteiger partial charge in [0.05, 0.1) is 13.7 Å². The molecule has 0 heterocycles. The largest absolute Gasteiger partial charge is 0.496 e. The highest BCUT2D eigenvalue weighted by Crippen LogP contribution is 2.28. The molecular weight excluding hydrogens is 226 g/mol. The summed E-state index contributed by atoms with van der Waals surface area (Å²) in [7, 11) is 1.63. The number of aliphatic hydroxyl groups is 1. The molecule has 3 nitrogen and oxygen atoms in total. The summed E-state index contributed by atoms with van der Waals surface area (Å²) in [6.45, 7) is 2.33. The fraction of sp³-hybridized carbons (Fsp3) is 0.600. The van der Waals surface area contributed by atoms with Crippen molar-refractivity contribution in [1.82, 2.24) is 0 Å². The quantitative estimate of drug-likeness (QED) is 0.861. The van der Waals surface area contributed by atoms with Crippen LogP contribution in [0, 0.1) is 5.92 Å². The lowest BCUT2D eigenvalue weighted by atomic mass is 9.87. The average molecular weight is 249 g/mol. The molecule has 2 N–H and O–H groups in total. The average Bonchev–Trinajstić information content (AvgIpc) is 2.38. The summed E-state index contributed by atoms with van der Waals surface area (Å²) in [5.41, 5.74) is 1.92. The first-order valence-corrected chi connectivity index (χ1v) is 6.77. The highest BCUT2D eigenvalue weighted by atomic mass is 16.5. The van der Waals surface area contributed by atoms with E-state index in [9.17, 15) is 5.11 Å². The van der Waals surface area contributed by atoms with Crippen LogP contribution in [0.4, 0.5) is 5.69 Å². The lowest BCUT2D eigenvalue weighted by Gasteiger charge is -2.28. The minimum Gasteiger partial charge on any atom is -0.496 e. The normalized spacial score (nSPS) is 23.7. The molecule has 0 spiro atoms. The second kappa shape index (κ2) is 6.10. The Morgan fingerprint density at radius 2 is 2.22 bits per heavy atom. The van der Waals surface area contributed by atoms with Crippen molar-refractivity contribution in [2.24, 2.45) is 5.92 Å². The smallest absolute Gasteiger partial charge is 0.124 e. The number of aliphatic hydroxyl groups excluding tert-OH is 1. The van der Waals surface area contributed by atoms with E-state index in [2.05, 4.69) is 12.2 Å². The standard InChI is InChI=1S/C15H23NO2/c1-11-4-3-5-13(8-11)16-14-6-7-15(18-2)12(9-14)10-17/h6-7,9,11,13,16-17H,3-5,8,10H2,1-2H3. The second-order valence-electron chi connectivity index (χ2n) is 5.30. The van der Waals surface area contributed by atoms with Crippen LogP contribution in [0.25, 0.3) is 0 Å². The summed E-state index contributed by atoms with van der Waals surface area (Å²) >= 11 is 0. The van der Waals surface area contributed by atoms with Gasteiger partial charge in [-0.25, -0.2) is 0 Å². The molecule has 1 aliphatic rings. The van der Waals surface area contributed by atoms with Gasteiger partial charge in [0.1, 0.15) is 5.75 Å². The molecule has 1 saturated carbocycles. The van der Waals surface area contributed by atoms with Crippen LogP contribution in [0.2, 0.25) is 0 Å². The highest BCUT2D eigenvalue weighted by Gasteiger charge is 2.18. The highest BCUT2D eigenvalue weighted by molar-refractivity contribution is 5.51. The van der Waals surface area contributed by atoms with E-state index in [0.29, 0.717) is 6.04 Å². The van der Waals surface area contributed by atoms with Crippen molar-refractivity contribution in [3.8, 4) is 5.75 Å². The van der Waals surface area contributed by atoms with Crippen LogP contribution in [0.15, 0.2) is 18.2 Å². The van der Waals surface area contributed by atoms with E-state index in [-0.39, 0.29) is 6.61 Å². The predicted octanol–water partition coefficient (Wildman–Crippen LogP) is 3.18. The molecule has 1 aliphatic carbocycles. The number of nitrogens with one attached hydrogen (secondary N) is 1. The van der Waals surface area contributed by atoms with Crippen molar-refractivity contribution < 1.29 is 9.84 Å². The molecule has 0 aliphatic heterocycles. The number of methoxy groups -OCH3 is 1. The minimum absolute atomic E-state index is 0.0137. The molecule has 3 heteroatoms. The third-order valence-electron chi connectivity index (χ3n) is 3.76. The van der Waals surface area contributed by atoms with Gasteiger partial charge in [-0.2, -0.15) is 0 Å². The zero-order valence-corrected chi connectivity index (χ0v) is 11.3. The Bertz CT molecular complexity index is 392. The van der Waals surface area contributed by atoms with E-state index >= 15 is 0 Å². The molecule has 1 aromatic carbocycles. The minimum atomic E-state index is 0.0137. The van der Waals surface area contributed by atoms with Gasteiger partial charge in [-0.15, -0.1) is 0 Å². The van der Waals surface area contributed by atoms with Gasteiger partial charge in [-0.1, -0.05) is 19.8 Å². The first kappa shape index (κ1) is 13.2. The molecule has 0 aromatic heterocycles. The molecule has 2 unspecified atom stereocenters. The molecule has 0 saturated heterocycles. The fourth-order valence-electron chi connectivity index (χ4n) is 2.79. The predicted molar refractivity (Wildman–Crippen MR) is 74.0 cm³/mol. The molecule has 0 radical (unpaired) electrons. The van der Waals surface area contributed by atoms with E-state index in [1.165, 1.54) is 25.7 Å². The van der Waals surface area contributed by atoms with Crippen LogP contribution in [0.3, 0.4) is 0 Å². The first-order chi connectivity index (χ1) is 8.72. The molecule has 1 aromatic rings. The molecule has 2 rings (SSSR count). The monoisotopic (exact) mass is 249 g/mol. The summed E-state index contributed by atoms with van der Waals surface area (Å²) in [6, 6.07) is 6.49. The van der Waals surface area contributed by atoms with Crippen LogP contribution in [0.1, 0.15) is 38.2 Å². The zero-order chi connectivity index (χ0) is 13.0. The number of anilines is 1. The molecule has 100 valence electrons. The maximum absolute atomic E-state index is 9.31. The van der Waals surface area contributed by atoms with Crippen molar-refractivity contribution in [2.45, 2.75) is 45.3 Å². The number of benzene rings is 1. The maximum atomic E-state index is 9.31. The number of hydrogen-bond donors (Lipinski definition) is 2. The van der Waals surface area contributed by atoms with Gasteiger partial charge < -0.3 is 15.2 Å². The maximum Gasteiger partial charge on any atom is 0.124 e. The van der Waals surface area contributed by atoms with E-state index in [1.54, 1.807) is 7.11 Å². The van der Waals surface area contributed by atoms with Crippen LogP contribution in [0.5, 0.6) is 5.75 Å². The molecule has 0 bridgehead atoms. The van der Waals surface area contributed by atoms with Crippen molar-refractivity contribution in [1.29, 1.82) is 0 Å². The summed E-state index contributed by atoms with van der Waals surface area (Å²) in [5.74, 6) is 1.56. The Labute approximate surface area is 109 Å². The Balaban J connectivity index is 2.04. The van der Waals surface area contributed by atoms with Gasteiger partial charge in [0.2, 0.25) is 0 Å². The van der Waals surface area contributed by atoms with E-state index in [0.717, 1.165) is 22.9 Å². The lowest BCUT2D eigenvalue weighted by molar-refractivity contribution is 0.274. The van der Waals surface area contributed by atoms with Crippen molar-refractivity contribution in [2.75, 3.05) is 12.4 Å². The molecule has 1 fully saturated rings. The van der Waals surface area contributed by atoms with Gasteiger partial charge in [0.25, 0.3) is 0 Å². The van der Waals surface area contributed by atoms with Crippen LogP contribution in [-0.2, 0) is 6.61 Å². The van der Waals surface area contributed by atoms with Gasteiger partial charge in [-0.3, -0.25) is 0 Å². The van der Waals surface area contributed by atoms with E-state index < -0.39 is 0 Å². The van der Waals surface area contributed by atoms with Gasteiger partial charge >= 0.3 is 0 Å². The van der Waals surface area contributed by atoms with Crippen LogP contribution < -0.4 is 10.1 Å². The number of rotatable bonds is 4. The zero-order valence-electron chi connectivity index (χ0n) is 11.3. The van der Waals surface area contributed by atoms with Crippen LogP contribution >= 0.6 is 0 Å². The Morgan fingerprint density at radius 1 is 1.39 bits per heavy atom. The van der Waals surface area contributed by atoms with E-state index in [4.69, 9.17) is 4.74 Å². The number of hydrogen-bond acceptors (Lipinski definition) is 3. The third-order valence-corrected chi connectivity index (χ3v) is 3.76. The first-order valence-electron chi connectivity index (χ1n) is 6.77. The Kier molecular flexibility index (Phi) is 4.48. The second-order valence-corrected chi connectivity index (χ2v) is 5.30. The molecule has 2 atom stereocenters. The van der Waals surface area contributed by atoms with Crippen molar-refractivity contribution in [3.63, 3.8) is 0 Å². The fourth-order valence-corrected chi connectivity index (χ4v) is 2.79. The Hall–Kier alpha value is -1.22. The number of ether oxygens (including phenoxy) is 1. The van der Waals surface area contributed by atoms with Crippen molar-refractivity contribution >= 4 is 5.69 Å². The van der Waals surface area contributed by atoms with Gasteiger partial charge in [-0.05, 0) is 37.0 Å². The summed E-state index contributed by atoms with van der Waals surface area (Å²) in [5, 5.41) is 12.9. The summed E-state index contributed by atoms with van der Waals surface area (Å²) in [4.78, 5) is 0. The summed E-state index contributed by atoms with van der Waals surface area (Å²) in [6.07, 6.45) is 5.13. The van der Waals surface area contributed by atoms with Gasteiger partial charge in [0.15, 0.2) is 0 Å². The summed E-state index contributed by atoms with van der Waals surface area (Å²) < 4.78 is 5.21. The molecule has 18 heavy (non-hydrogen) atoms. The molecule has 0 amide bonds. The Morgan fingerprint density at radius 3 is 2.89 bits per heavy atom. The van der Waals surface area contributed by atoms with E-state index in [1.807, 2.05) is 18.2 Å². The topological polar surface area (TPSA) is 41.5 Å². The molecular formula is C15H23NO2. The lowest BCUT2D eigenvalue weighted by Crippen LogP contribution is -2.26. The van der Waals surface area contributed by atoms with Gasteiger partial charge in [0, 0.05) is 17.3 Å². The van der Waals surface area contributed by atoms with Crippen LogP contribution in [-0.4, -0.2) is 18.3 Å². The van der Waals surface area contributed by atoms with Crippen molar-refractivity contribution in [3.05, 3.63) is 23.8 Å².